The lowest BCUT2D eigenvalue weighted by atomic mass is 10.2. The van der Waals surface area contributed by atoms with Crippen LogP contribution in [-0.4, -0.2) is 30.2 Å². The molecule has 0 unspecified atom stereocenters. The van der Waals surface area contributed by atoms with E-state index in [0.29, 0.717) is 5.75 Å². The van der Waals surface area contributed by atoms with E-state index in [1.165, 1.54) is 44.3 Å². The molecule has 0 saturated carbocycles. The van der Waals surface area contributed by atoms with Gasteiger partial charge in [0.15, 0.2) is 11.5 Å². The molecule has 1 saturated heterocycles. The number of nitrogens with zero attached hydrogens (tertiary/aromatic N) is 1. The monoisotopic (exact) mass is 235 g/mol. The molecule has 1 fully saturated rings. The van der Waals surface area contributed by atoms with Crippen molar-refractivity contribution in [2.24, 2.45) is 0 Å². The Kier molecular flexibility index (Phi) is 4.26. The highest BCUT2D eigenvalue weighted by atomic mass is 16.5. The van der Waals surface area contributed by atoms with Gasteiger partial charge in [0.1, 0.15) is 0 Å². The summed E-state index contributed by atoms with van der Waals surface area (Å²) in [6.45, 7) is 3.32. The number of hydrogen-bond donors (Lipinski definition) is 1. The number of methoxy groups -OCH3 is 1. The fraction of sp³-hybridized carbons (Fsp3) is 0.571. The quantitative estimate of drug-likeness (QED) is 0.874. The molecule has 1 aromatic carbocycles. The van der Waals surface area contributed by atoms with Crippen LogP contribution in [0.2, 0.25) is 0 Å². The second kappa shape index (κ2) is 5.92. The minimum atomic E-state index is 0.215. The molecule has 1 N–H and O–H groups in total. The summed E-state index contributed by atoms with van der Waals surface area (Å²) in [5.41, 5.74) is 1.21. The van der Waals surface area contributed by atoms with E-state index in [0.717, 1.165) is 6.54 Å². The lowest BCUT2D eigenvalue weighted by Crippen LogP contribution is -2.23. The average Bonchev–Trinajstić information content (AvgIpc) is 2.60. The SMILES string of the molecule is COc1cc(CN2CCCCCC2)ccc1O. The molecule has 0 atom stereocenters. The molecule has 17 heavy (non-hydrogen) atoms. The molecular formula is C14H21NO2. The van der Waals surface area contributed by atoms with Gasteiger partial charge < -0.3 is 9.84 Å². The highest BCUT2D eigenvalue weighted by Gasteiger charge is 2.10. The Morgan fingerprint density at radius 1 is 1.18 bits per heavy atom. The van der Waals surface area contributed by atoms with E-state index in [-0.39, 0.29) is 5.75 Å². The molecule has 1 aliphatic rings. The predicted molar refractivity (Wildman–Crippen MR) is 68.4 cm³/mol. The summed E-state index contributed by atoms with van der Waals surface area (Å²) in [7, 11) is 1.59. The lowest BCUT2D eigenvalue weighted by molar-refractivity contribution is 0.276. The standard InChI is InChI=1S/C14H21NO2/c1-17-14-10-12(6-7-13(14)16)11-15-8-4-2-3-5-9-15/h6-7,10,16H,2-5,8-9,11H2,1H3. The van der Waals surface area contributed by atoms with Crippen molar-refractivity contribution in [3.05, 3.63) is 23.8 Å². The van der Waals surface area contributed by atoms with Crippen molar-refractivity contribution in [3.8, 4) is 11.5 Å². The third kappa shape index (κ3) is 3.37. The minimum absolute atomic E-state index is 0.215. The summed E-state index contributed by atoms with van der Waals surface area (Å²) < 4.78 is 5.13. The molecule has 3 heteroatoms. The number of phenols is 1. The maximum absolute atomic E-state index is 9.55. The van der Waals surface area contributed by atoms with Crippen molar-refractivity contribution >= 4 is 0 Å². The van der Waals surface area contributed by atoms with Crippen LogP contribution < -0.4 is 4.74 Å². The highest BCUT2D eigenvalue weighted by molar-refractivity contribution is 5.41. The van der Waals surface area contributed by atoms with Crippen LogP contribution in [0.15, 0.2) is 18.2 Å². The van der Waals surface area contributed by atoms with Gasteiger partial charge >= 0.3 is 0 Å². The molecular weight excluding hydrogens is 214 g/mol. The van der Waals surface area contributed by atoms with E-state index >= 15 is 0 Å². The van der Waals surface area contributed by atoms with E-state index in [9.17, 15) is 5.11 Å². The fourth-order valence-corrected chi connectivity index (χ4v) is 2.37. The van der Waals surface area contributed by atoms with Gasteiger partial charge in [-0.2, -0.15) is 0 Å². The summed E-state index contributed by atoms with van der Waals surface area (Å²) in [5.74, 6) is 0.782. The molecule has 0 amide bonds. The number of aromatic hydroxyl groups is 1. The first-order valence-electron chi connectivity index (χ1n) is 6.38. The first-order valence-corrected chi connectivity index (χ1v) is 6.38. The van der Waals surface area contributed by atoms with Crippen molar-refractivity contribution in [3.63, 3.8) is 0 Å². The molecule has 94 valence electrons. The van der Waals surface area contributed by atoms with E-state index < -0.39 is 0 Å². The fourth-order valence-electron chi connectivity index (χ4n) is 2.37. The predicted octanol–water partition coefficient (Wildman–Crippen LogP) is 2.78. The maximum atomic E-state index is 9.55. The van der Waals surface area contributed by atoms with Crippen LogP contribution in [0.1, 0.15) is 31.2 Å². The van der Waals surface area contributed by atoms with E-state index in [4.69, 9.17) is 4.74 Å². The third-order valence-electron chi connectivity index (χ3n) is 3.35. The summed E-state index contributed by atoms with van der Waals surface area (Å²) in [4.78, 5) is 2.48. The van der Waals surface area contributed by atoms with Gasteiger partial charge in [0.2, 0.25) is 0 Å². The topological polar surface area (TPSA) is 32.7 Å². The number of hydrogen-bond acceptors (Lipinski definition) is 3. The van der Waals surface area contributed by atoms with Crippen LogP contribution in [0.4, 0.5) is 0 Å². The zero-order valence-electron chi connectivity index (χ0n) is 10.5. The number of phenolic OH excluding ortho intramolecular Hbond substituents is 1. The molecule has 1 aliphatic heterocycles. The van der Waals surface area contributed by atoms with Gasteiger partial charge in [-0.1, -0.05) is 18.9 Å². The number of ether oxygens (including phenoxy) is 1. The van der Waals surface area contributed by atoms with Crippen molar-refractivity contribution in [2.75, 3.05) is 20.2 Å². The molecule has 0 radical (unpaired) electrons. The maximum Gasteiger partial charge on any atom is 0.160 e. The first kappa shape index (κ1) is 12.2. The van der Waals surface area contributed by atoms with Crippen molar-refractivity contribution in [2.45, 2.75) is 32.2 Å². The van der Waals surface area contributed by atoms with Crippen LogP contribution in [-0.2, 0) is 6.54 Å². The second-order valence-electron chi connectivity index (χ2n) is 4.70. The van der Waals surface area contributed by atoms with Gasteiger partial charge in [-0.05, 0) is 43.6 Å². The molecule has 1 heterocycles. The Labute approximate surface area is 103 Å². The summed E-state index contributed by atoms with van der Waals surface area (Å²) >= 11 is 0. The van der Waals surface area contributed by atoms with E-state index in [2.05, 4.69) is 4.90 Å². The van der Waals surface area contributed by atoms with Gasteiger partial charge in [-0.25, -0.2) is 0 Å². The first-order chi connectivity index (χ1) is 8.29. The third-order valence-corrected chi connectivity index (χ3v) is 3.35. The Balaban J connectivity index is 2.01. The molecule has 2 rings (SSSR count). The zero-order chi connectivity index (χ0) is 12.1. The Morgan fingerprint density at radius 2 is 1.88 bits per heavy atom. The zero-order valence-corrected chi connectivity index (χ0v) is 10.5. The van der Waals surface area contributed by atoms with Crippen LogP contribution in [0.3, 0.4) is 0 Å². The summed E-state index contributed by atoms with van der Waals surface area (Å²) in [6.07, 6.45) is 5.31. The van der Waals surface area contributed by atoms with Crippen molar-refractivity contribution in [1.29, 1.82) is 0 Å². The smallest absolute Gasteiger partial charge is 0.160 e. The number of likely N-dealkylation sites (tertiary alicyclic amines) is 1. The van der Waals surface area contributed by atoms with Crippen LogP contribution in [0, 0.1) is 0 Å². The van der Waals surface area contributed by atoms with E-state index in [1.54, 1.807) is 13.2 Å². The average molecular weight is 235 g/mol. The molecule has 3 nitrogen and oxygen atoms in total. The summed E-state index contributed by atoms with van der Waals surface area (Å²) in [6, 6.07) is 5.62. The highest BCUT2D eigenvalue weighted by Crippen LogP contribution is 2.27. The van der Waals surface area contributed by atoms with Crippen LogP contribution in [0.25, 0.3) is 0 Å². The number of benzene rings is 1. The van der Waals surface area contributed by atoms with Crippen LogP contribution in [0.5, 0.6) is 11.5 Å². The normalized spacial score (nSPS) is 17.7. The van der Waals surface area contributed by atoms with Crippen LogP contribution >= 0.6 is 0 Å². The number of rotatable bonds is 3. The molecule has 0 spiro atoms. The molecule has 0 bridgehead atoms. The largest absolute Gasteiger partial charge is 0.504 e. The molecule has 0 aromatic heterocycles. The Hall–Kier alpha value is -1.22. The summed E-state index contributed by atoms with van der Waals surface area (Å²) in [5, 5.41) is 9.55. The Morgan fingerprint density at radius 3 is 2.53 bits per heavy atom. The van der Waals surface area contributed by atoms with Gasteiger partial charge in [0, 0.05) is 6.54 Å². The van der Waals surface area contributed by atoms with Gasteiger partial charge in [0.25, 0.3) is 0 Å². The molecule has 1 aromatic rings. The van der Waals surface area contributed by atoms with Gasteiger partial charge in [-0.3, -0.25) is 4.90 Å². The molecule has 0 aliphatic carbocycles. The van der Waals surface area contributed by atoms with Crippen molar-refractivity contribution < 1.29 is 9.84 Å². The lowest BCUT2D eigenvalue weighted by Gasteiger charge is -2.20. The van der Waals surface area contributed by atoms with Gasteiger partial charge in [0.05, 0.1) is 7.11 Å². The van der Waals surface area contributed by atoms with Gasteiger partial charge in [-0.15, -0.1) is 0 Å². The van der Waals surface area contributed by atoms with E-state index in [1.807, 2.05) is 12.1 Å². The van der Waals surface area contributed by atoms with Crippen molar-refractivity contribution in [1.82, 2.24) is 4.90 Å². The second-order valence-corrected chi connectivity index (χ2v) is 4.70. The minimum Gasteiger partial charge on any atom is -0.504 e. The Bertz CT molecular complexity index is 357.